The van der Waals surface area contributed by atoms with E-state index in [4.69, 9.17) is 4.74 Å². The molecular weight excluding hydrogens is 357 g/mol. The third kappa shape index (κ3) is 9.15. The Morgan fingerprint density at radius 3 is 2.62 bits per heavy atom. The van der Waals surface area contributed by atoms with Crippen LogP contribution in [0.3, 0.4) is 0 Å². The Labute approximate surface area is 156 Å². The van der Waals surface area contributed by atoms with Gasteiger partial charge < -0.3 is 15.4 Å². The Bertz CT molecular complexity index is 691. The number of nitrogens with zero attached hydrogens (tertiary/aromatic N) is 1. The molecule has 0 heterocycles. The monoisotopic (exact) mass is 387 g/mol. The van der Waals surface area contributed by atoms with E-state index in [1.54, 1.807) is 6.07 Å². The second kappa shape index (κ2) is 10.5. The van der Waals surface area contributed by atoms with Crippen molar-refractivity contribution in [2.75, 3.05) is 44.9 Å². The van der Waals surface area contributed by atoms with Crippen LogP contribution in [0.4, 0.5) is 4.39 Å². The lowest BCUT2D eigenvalue weighted by atomic mass is 9.85. The highest BCUT2D eigenvalue weighted by molar-refractivity contribution is 7.90. The number of hydrogen-bond donors (Lipinski definition) is 2. The van der Waals surface area contributed by atoms with Gasteiger partial charge in [0.2, 0.25) is 0 Å². The maximum absolute atomic E-state index is 13.4. The van der Waals surface area contributed by atoms with E-state index >= 15 is 0 Å². The Hall–Kier alpha value is -1.67. The number of sulfone groups is 1. The quantitative estimate of drug-likeness (QED) is 0.363. The van der Waals surface area contributed by atoms with Crippen molar-refractivity contribution in [3.05, 3.63) is 35.6 Å². The van der Waals surface area contributed by atoms with Gasteiger partial charge in [-0.25, -0.2) is 12.8 Å². The molecule has 0 atom stereocenters. The van der Waals surface area contributed by atoms with Crippen molar-refractivity contribution < 1.29 is 17.5 Å². The number of rotatable bonds is 10. The van der Waals surface area contributed by atoms with E-state index in [0.717, 1.165) is 5.56 Å². The predicted octanol–water partition coefficient (Wildman–Crippen LogP) is 1.72. The number of halogens is 1. The summed E-state index contributed by atoms with van der Waals surface area (Å²) in [7, 11) is -3.00. The van der Waals surface area contributed by atoms with Crippen molar-refractivity contribution in [2.24, 2.45) is 4.99 Å². The zero-order chi connectivity index (χ0) is 19.6. The van der Waals surface area contributed by atoms with Crippen LogP contribution in [0, 0.1) is 5.82 Å². The van der Waals surface area contributed by atoms with Gasteiger partial charge in [0.1, 0.15) is 15.7 Å². The second-order valence-electron chi connectivity index (χ2n) is 6.76. The highest BCUT2D eigenvalue weighted by atomic mass is 32.2. The van der Waals surface area contributed by atoms with Crippen molar-refractivity contribution in [1.82, 2.24) is 10.6 Å². The fourth-order valence-corrected chi connectivity index (χ4v) is 2.59. The second-order valence-corrected chi connectivity index (χ2v) is 9.02. The molecule has 0 aliphatic rings. The van der Waals surface area contributed by atoms with E-state index in [9.17, 15) is 12.8 Å². The number of hydrogen-bond acceptors (Lipinski definition) is 4. The van der Waals surface area contributed by atoms with E-state index in [2.05, 4.69) is 15.6 Å². The third-order valence-electron chi connectivity index (χ3n) is 3.72. The summed E-state index contributed by atoms with van der Waals surface area (Å²) in [6.45, 7) is 8.27. The zero-order valence-electron chi connectivity index (χ0n) is 16.0. The van der Waals surface area contributed by atoms with Crippen LogP contribution in [0.5, 0.6) is 0 Å². The minimum atomic E-state index is -3.00. The number of ether oxygens (including phenoxy) is 1. The molecule has 6 nitrogen and oxygen atoms in total. The molecule has 0 aliphatic heterocycles. The molecule has 0 aromatic heterocycles. The lowest BCUT2D eigenvalue weighted by Crippen LogP contribution is -2.40. The average molecular weight is 388 g/mol. The summed E-state index contributed by atoms with van der Waals surface area (Å²) in [5.41, 5.74) is 0.581. The van der Waals surface area contributed by atoms with Crippen LogP contribution in [0.1, 0.15) is 26.3 Å². The lowest BCUT2D eigenvalue weighted by Gasteiger charge is -2.24. The smallest absolute Gasteiger partial charge is 0.191 e. The molecule has 0 aliphatic carbocycles. The predicted molar refractivity (Wildman–Crippen MR) is 104 cm³/mol. The zero-order valence-corrected chi connectivity index (χ0v) is 16.8. The third-order valence-corrected chi connectivity index (χ3v) is 4.63. The van der Waals surface area contributed by atoms with Crippen LogP contribution in [-0.4, -0.2) is 59.2 Å². The number of aliphatic imine (C=N–C) groups is 1. The Kier molecular flexibility index (Phi) is 9.01. The maximum atomic E-state index is 13.4. The summed E-state index contributed by atoms with van der Waals surface area (Å²) in [6.07, 6.45) is 1.19. The number of benzene rings is 1. The van der Waals surface area contributed by atoms with Crippen LogP contribution in [0.25, 0.3) is 0 Å². The van der Waals surface area contributed by atoms with E-state index in [1.807, 2.05) is 26.8 Å². The van der Waals surface area contributed by atoms with Crippen molar-refractivity contribution in [1.29, 1.82) is 0 Å². The summed E-state index contributed by atoms with van der Waals surface area (Å²) in [5.74, 6) is 0.405. The topological polar surface area (TPSA) is 79.8 Å². The van der Waals surface area contributed by atoms with Crippen LogP contribution in [-0.2, 0) is 20.0 Å². The van der Waals surface area contributed by atoms with Crippen molar-refractivity contribution in [2.45, 2.75) is 26.2 Å². The summed E-state index contributed by atoms with van der Waals surface area (Å²) >= 11 is 0. The first-order chi connectivity index (χ1) is 12.1. The molecule has 1 aromatic rings. The first-order valence-electron chi connectivity index (χ1n) is 8.68. The molecule has 2 N–H and O–H groups in total. The number of nitrogens with one attached hydrogen (secondary N) is 2. The first-order valence-corrected chi connectivity index (χ1v) is 10.7. The van der Waals surface area contributed by atoms with Crippen LogP contribution >= 0.6 is 0 Å². The molecular formula is C18H30FN3O3S. The van der Waals surface area contributed by atoms with Crippen LogP contribution < -0.4 is 10.6 Å². The molecule has 0 unspecified atom stereocenters. The van der Waals surface area contributed by atoms with Gasteiger partial charge in [-0.2, -0.15) is 0 Å². The van der Waals surface area contributed by atoms with Crippen molar-refractivity contribution >= 4 is 15.8 Å². The fraction of sp³-hybridized carbons (Fsp3) is 0.611. The average Bonchev–Trinajstić information content (AvgIpc) is 2.54. The summed E-state index contributed by atoms with van der Waals surface area (Å²) in [4.78, 5) is 4.57. The van der Waals surface area contributed by atoms with Gasteiger partial charge in [-0.1, -0.05) is 26.0 Å². The van der Waals surface area contributed by atoms with Gasteiger partial charge >= 0.3 is 0 Å². The van der Waals surface area contributed by atoms with Crippen LogP contribution in [0.2, 0.25) is 0 Å². The molecule has 0 fully saturated rings. The van der Waals surface area contributed by atoms with Gasteiger partial charge in [0.15, 0.2) is 5.96 Å². The fourth-order valence-electron chi connectivity index (χ4n) is 2.17. The Balaban J connectivity index is 2.52. The maximum Gasteiger partial charge on any atom is 0.191 e. The Morgan fingerprint density at radius 1 is 1.27 bits per heavy atom. The molecule has 0 bridgehead atoms. The van der Waals surface area contributed by atoms with E-state index in [1.165, 1.54) is 18.4 Å². The van der Waals surface area contributed by atoms with E-state index in [0.29, 0.717) is 32.2 Å². The molecule has 8 heteroatoms. The summed E-state index contributed by atoms with van der Waals surface area (Å²) in [6, 6.07) is 6.56. The molecule has 0 saturated heterocycles. The molecule has 0 spiro atoms. The van der Waals surface area contributed by atoms with Gasteiger partial charge in [0, 0.05) is 24.8 Å². The molecule has 26 heavy (non-hydrogen) atoms. The minimum Gasteiger partial charge on any atom is -0.379 e. The van der Waals surface area contributed by atoms with E-state index in [-0.39, 0.29) is 23.6 Å². The SMILES string of the molecule is CCNC(=NCC(C)(C)c1cccc(F)c1)NCCOCCS(C)(=O)=O. The molecule has 1 rings (SSSR count). The Morgan fingerprint density at radius 2 is 2.00 bits per heavy atom. The molecule has 1 aromatic carbocycles. The first kappa shape index (κ1) is 22.4. The minimum absolute atomic E-state index is 0.0168. The molecule has 0 saturated carbocycles. The van der Waals surface area contributed by atoms with Gasteiger partial charge in [-0.3, -0.25) is 4.99 Å². The van der Waals surface area contributed by atoms with Gasteiger partial charge in [-0.05, 0) is 24.6 Å². The van der Waals surface area contributed by atoms with Gasteiger partial charge in [-0.15, -0.1) is 0 Å². The standard InChI is InChI=1S/C18H30FN3O3S/c1-5-20-17(21-9-10-25-11-12-26(4,23)24)22-14-18(2,3)15-7-6-8-16(19)13-15/h6-8,13H,5,9-12,14H2,1-4H3,(H2,20,21,22). The normalized spacial score (nSPS) is 12.9. The molecule has 148 valence electrons. The highest BCUT2D eigenvalue weighted by Crippen LogP contribution is 2.24. The van der Waals surface area contributed by atoms with E-state index < -0.39 is 9.84 Å². The largest absolute Gasteiger partial charge is 0.379 e. The molecule has 0 amide bonds. The summed E-state index contributed by atoms with van der Waals surface area (Å²) < 4.78 is 40.8. The molecule has 0 radical (unpaired) electrons. The van der Waals surface area contributed by atoms with Crippen molar-refractivity contribution in [3.63, 3.8) is 0 Å². The van der Waals surface area contributed by atoms with Gasteiger partial charge in [0.25, 0.3) is 0 Å². The number of guanidine groups is 1. The van der Waals surface area contributed by atoms with Gasteiger partial charge in [0.05, 0.1) is 25.5 Å². The summed E-state index contributed by atoms with van der Waals surface area (Å²) in [5, 5.41) is 6.29. The van der Waals surface area contributed by atoms with Crippen LogP contribution in [0.15, 0.2) is 29.3 Å². The van der Waals surface area contributed by atoms with Crippen molar-refractivity contribution in [3.8, 4) is 0 Å². The lowest BCUT2D eigenvalue weighted by molar-refractivity contribution is 0.154. The highest BCUT2D eigenvalue weighted by Gasteiger charge is 2.21.